The van der Waals surface area contributed by atoms with Crippen molar-refractivity contribution in [2.45, 2.75) is 71.3 Å². The van der Waals surface area contributed by atoms with Crippen molar-refractivity contribution >= 4 is 0 Å². The monoisotopic (exact) mass is 306 g/mol. The zero-order valence-electron chi connectivity index (χ0n) is 14.7. The van der Waals surface area contributed by atoms with Gasteiger partial charge in [-0.05, 0) is 68.1 Å². The molecule has 2 nitrogen and oxygen atoms in total. The number of allylic oxidation sites excluding steroid dienone is 1. The molecule has 2 N–H and O–H groups in total. The molecule has 2 aliphatic carbocycles. The first-order valence-corrected chi connectivity index (χ1v) is 8.83. The van der Waals surface area contributed by atoms with E-state index in [0.717, 1.165) is 32.1 Å². The van der Waals surface area contributed by atoms with Crippen LogP contribution in [0.2, 0.25) is 0 Å². The first-order valence-electron chi connectivity index (χ1n) is 8.83. The maximum atomic E-state index is 10.3. The third-order valence-electron chi connectivity index (χ3n) is 6.88. The van der Waals surface area contributed by atoms with Gasteiger partial charge in [0.05, 0.1) is 5.60 Å². The van der Waals surface area contributed by atoms with E-state index in [-0.39, 0.29) is 17.4 Å². The van der Waals surface area contributed by atoms with E-state index in [1.165, 1.54) is 18.4 Å². The Morgan fingerprint density at radius 3 is 2.64 bits per heavy atom. The summed E-state index contributed by atoms with van der Waals surface area (Å²) < 4.78 is 0. The molecule has 0 radical (unpaired) electrons. The van der Waals surface area contributed by atoms with Gasteiger partial charge in [0.25, 0.3) is 0 Å². The number of hydrogen-bond donors (Lipinski definition) is 2. The van der Waals surface area contributed by atoms with Gasteiger partial charge in [-0.1, -0.05) is 38.5 Å². The van der Waals surface area contributed by atoms with Crippen LogP contribution in [0.3, 0.4) is 0 Å². The van der Waals surface area contributed by atoms with Crippen molar-refractivity contribution < 1.29 is 10.2 Å². The fourth-order valence-corrected chi connectivity index (χ4v) is 5.34. The molecule has 0 amide bonds. The fraction of sp³-hybridized carbons (Fsp3) is 0.800. The Bertz CT molecular complexity index is 439. The molecule has 2 saturated carbocycles. The summed E-state index contributed by atoms with van der Waals surface area (Å²) in [5, 5.41) is 20.3. The third-order valence-corrected chi connectivity index (χ3v) is 6.88. The van der Waals surface area contributed by atoms with Gasteiger partial charge in [-0.15, -0.1) is 6.58 Å². The number of hydrogen-bond acceptors (Lipinski definition) is 2. The Morgan fingerprint density at radius 2 is 2.05 bits per heavy atom. The fourth-order valence-electron chi connectivity index (χ4n) is 5.34. The molecule has 2 unspecified atom stereocenters. The van der Waals surface area contributed by atoms with Gasteiger partial charge in [0.15, 0.2) is 0 Å². The average molecular weight is 306 g/mol. The molecule has 0 aromatic rings. The first kappa shape index (κ1) is 17.7. The van der Waals surface area contributed by atoms with Crippen LogP contribution >= 0.6 is 0 Å². The second-order valence-electron chi connectivity index (χ2n) is 8.57. The van der Waals surface area contributed by atoms with Gasteiger partial charge >= 0.3 is 0 Å². The van der Waals surface area contributed by atoms with Crippen LogP contribution in [-0.2, 0) is 0 Å². The van der Waals surface area contributed by atoms with Gasteiger partial charge in [-0.2, -0.15) is 0 Å². The molecule has 0 saturated heterocycles. The number of aliphatic hydroxyl groups is 2. The third kappa shape index (κ3) is 3.05. The quantitative estimate of drug-likeness (QED) is 0.735. The van der Waals surface area contributed by atoms with Gasteiger partial charge < -0.3 is 10.2 Å². The van der Waals surface area contributed by atoms with Crippen molar-refractivity contribution in [1.82, 2.24) is 0 Å². The van der Waals surface area contributed by atoms with E-state index in [4.69, 9.17) is 0 Å². The van der Waals surface area contributed by atoms with Crippen molar-refractivity contribution in [1.29, 1.82) is 0 Å². The molecule has 2 heteroatoms. The van der Waals surface area contributed by atoms with E-state index in [1.807, 2.05) is 6.92 Å². The number of fused-ring (bicyclic) bond motifs is 1. The highest BCUT2D eigenvalue weighted by Crippen LogP contribution is 2.61. The van der Waals surface area contributed by atoms with Crippen LogP contribution in [0.15, 0.2) is 24.8 Å². The summed E-state index contributed by atoms with van der Waals surface area (Å²) in [7, 11) is 0. The predicted octanol–water partition coefficient (Wildman–Crippen LogP) is 4.47. The van der Waals surface area contributed by atoms with E-state index < -0.39 is 5.60 Å². The lowest BCUT2D eigenvalue weighted by atomic mass is 9.46. The number of rotatable bonds is 5. The van der Waals surface area contributed by atoms with Crippen LogP contribution in [0.5, 0.6) is 0 Å². The minimum Gasteiger partial charge on any atom is -0.396 e. The van der Waals surface area contributed by atoms with Crippen LogP contribution in [0.4, 0.5) is 0 Å². The standard InChI is InChI=1S/C20H34O2/c1-6-19(4,22)13-10-16-15(2)8-9-17-18(3,14-21)11-7-12-20(16,17)5/h6,16-17,21-22H,1-2,7-14H2,3-5H3/t16?,17?,18-,19+,20+/m1/s1. The van der Waals surface area contributed by atoms with Gasteiger partial charge in [0.1, 0.15) is 0 Å². The second-order valence-corrected chi connectivity index (χ2v) is 8.57. The van der Waals surface area contributed by atoms with Crippen LogP contribution in [-0.4, -0.2) is 22.4 Å². The normalized spacial score (nSPS) is 41.6. The largest absolute Gasteiger partial charge is 0.396 e. The minimum atomic E-state index is -0.793. The Kier molecular flexibility index (Phi) is 4.94. The molecule has 22 heavy (non-hydrogen) atoms. The SMILES string of the molecule is C=C[C@](C)(O)CCC1C(=C)CCC2[C@@](C)(CO)CCC[C@@]12C. The lowest BCUT2D eigenvalue weighted by molar-refractivity contribution is -0.0885. The van der Waals surface area contributed by atoms with Gasteiger partial charge in [-0.3, -0.25) is 0 Å². The molecule has 2 rings (SSSR count). The summed E-state index contributed by atoms with van der Waals surface area (Å²) in [5.74, 6) is 1.01. The molecule has 0 bridgehead atoms. The van der Waals surface area contributed by atoms with Gasteiger partial charge in [-0.25, -0.2) is 0 Å². The van der Waals surface area contributed by atoms with E-state index in [1.54, 1.807) is 6.08 Å². The van der Waals surface area contributed by atoms with Gasteiger partial charge in [0, 0.05) is 6.61 Å². The Labute approximate surface area is 136 Å². The summed E-state index contributed by atoms with van der Waals surface area (Å²) >= 11 is 0. The Balaban J connectivity index is 2.24. The summed E-state index contributed by atoms with van der Waals surface area (Å²) in [4.78, 5) is 0. The summed E-state index contributed by atoms with van der Waals surface area (Å²) in [6.07, 6.45) is 9.10. The van der Waals surface area contributed by atoms with E-state index in [9.17, 15) is 10.2 Å². The van der Waals surface area contributed by atoms with E-state index >= 15 is 0 Å². The highest BCUT2D eigenvalue weighted by Gasteiger charge is 2.54. The maximum absolute atomic E-state index is 10.3. The molecular formula is C20H34O2. The smallest absolute Gasteiger partial charge is 0.0797 e. The zero-order chi connectivity index (χ0) is 16.6. The predicted molar refractivity (Wildman–Crippen MR) is 92.6 cm³/mol. The van der Waals surface area contributed by atoms with Crippen molar-refractivity contribution in [3.63, 3.8) is 0 Å². The first-order chi connectivity index (χ1) is 10.2. The van der Waals surface area contributed by atoms with Crippen molar-refractivity contribution in [2.75, 3.05) is 6.61 Å². The zero-order valence-corrected chi connectivity index (χ0v) is 14.7. The molecule has 0 heterocycles. The lowest BCUT2D eigenvalue weighted by Crippen LogP contribution is -2.52. The summed E-state index contributed by atoms with van der Waals surface area (Å²) in [6.45, 7) is 14.9. The minimum absolute atomic E-state index is 0.0485. The molecule has 2 fully saturated rings. The number of aliphatic hydroxyl groups excluding tert-OH is 1. The highest BCUT2D eigenvalue weighted by atomic mass is 16.3. The highest BCUT2D eigenvalue weighted by molar-refractivity contribution is 5.16. The van der Waals surface area contributed by atoms with E-state index in [0.29, 0.717) is 11.8 Å². The average Bonchev–Trinajstić information content (AvgIpc) is 2.46. The Morgan fingerprint density at radius 1 is 1.36 bits per heavy atom. The van der Waals surface area contributed by atoms with Crippen LogP contribution in [0.25, 0.3) is 0 Å². The van der Waals surface area contributed by atoms with Crippen LogP contribution in [0, 0.1) is 22.7 Å². The van der Waals surface area contributed by atoms with Crippen LogP contribution < -0.4 is 0 Å². The molecule has 126 valence electrons. The van der Waals surface area contributed by atoms with E-state index in [2.05, 4.69) is 27.0 Å². The van der Waals surface area contributed by atoms with Crippen molar-refractivity contribution in [3.8, 4) is 0 Å². The summed E-state index contributed by atoms with van der Waals surface area (Å²) in [5.41, 5.74) is 0.814. The van der Waals surface area contributed by atoms with Crippen molar-refractivity contribution in [2.24, 2.45) is 22.7 Å². The molecule has 0 aromatic heterocycles. The molecule has 2 aliphatic rings. The molecule has 0 aromatic carbocycles. The molecule has 5 atom stereocenters. The van der Waals surface area contributed by atoms with Gasteiger partial charge in [0.2, 0.25) is 0 Å². The molecule has 0 spiro atoms. The Hall–Kier alpha value is -0.600. The maximum Gasteiger partial charge on any atom is 0.0797 e. The van der Waals surface area contributed by atoms with Crippen LogP contribution in [0.1, 0.15) is 65.7 Å². The summed E-state index contributed by atoms with van der Waals surface area (Å²) in [6, 6.07) is 0. The second kappa shape index (κ2) is 6.13. The van der Waals surface area contributed by atoms with Crippen molar-refractivity contribution in [3.05, 3.63) is 24.8 Å². The topological polar surface area (TPSA) is 40.5 Å². The molecular weight excluding hydrogens is 272 g/mol. The molecule has 0 aliphatic heterocycles. The lowest BCUT2D eigenvalue weighted by Gasteiger charge is -2.58.